The van der Waals surface area contributed by atoms with Crippen LogP contribution in [0.3, 0.4) is 0 Å². The van der Waals surface area contributed by atoms with E-state index in [1.807, 2.05) is 18.3 Å². The van der Waals surface area contributed by atoms with Gasteiger partial charge in [-0.25, -0.2) is 9.97 Å². The Morgan fingerprint density at radius 3 is 2.61 bits per heavy atom. The molecule has 1 aliphatic carbocycles. The van der Waals surface area contributed by atoms with Crippen molar-refractivity contribution < 1.29 is 9.47 Å². The lowest BCUT2D eigenvalue weighted by molar-refractivity contribution is 0.171. The minimum absolute atomic E-state index is 0.354. The van der Waals surface area contributed by atoms with Crippen molar-refractivity contribution >= 4 is 5.95 Å². The first-order chi connectivity index (χ1) is 11.3. The highest BCUT2D eigenvalue weighted by molar-refractivity contribution is 5.69. The molecular formula is C18H21N3O2. The minimum Gasteiger partial charge on any atom is -0.486 e. The lowest BCUT2D eigenvalue weighted by Gasteiger charge is -2.24. The number of hydrogen-bond donors (Lipinski definition) is 1. The Hall–Kier alpha value is -2.30. The number of benzene rings is 1. The summed E-state index contributed by atoms with van der Waals surface area (Å²) in [5.41, 5.74) is 9.06. The molecule has 1 aliphatic heterocycles. The number of nitrogens with two attached hydrogens (primary N) is 1. The van der Waals surface area contributed by atoms with Crippen molar-refractivity contribution in [1.82, 2.24) is 9.97 Å². The first kappa shape index (κ1) is 14.3. The zero-order chi connectivity index (χ0) is 15.6. The number of aromatic nitrogens is 2. The van der Waals surface area contributed by atoms with Gasteiger partial charge in [0.25, 0.3) is 0 Å². The summed E-state index contributed by atoms with van der Waals surface area (Å²) in [6, 6.07) is 6.04. The third-order valence-electron chi connectivity index (χ3n) is 4.68. The molecule has 2 aliphatic rings. The third kappa shape index (κ3) is 2.83. The lowest BCUT2D eigenvalue weighted by atomic mass is 9.84. The van der Waals surface area contributed by atoms with Crippen molar-refractivity contribution in [2.24, 2.45) is 0 Å². The summed E-state index contributed by atoms with van der Waals surface area (Å²) in [7, 11) is 0. The van der Waals surface area contributed by atoms with E-state index in [0.29, 0.717) is 25.1 Å². The van der Waals surface area contributed by atoms with Crippen LogP contribution in [0, 0.1) is 0 Å². The third-order valence-corrected chi connectivity index (χ3v) is 4.68. The SMILES string of the molecule is Nc1ncc(-c2ccc3c(c2)OCCO3)c(C2CCCCC2)n1. The normalized spacial score (nSPS) is 17.9. The second kappa shape index (κ2) is 6.07. The van der Waals surface area contributed by atoms with Gasteiger partial charge in [0.05, 0.1) is 5.69 Å². The van der Waals surface area contributed by atoms with Gasteiger partial charge in [0.1, 0.15) is 13.2 Å². The van der Waals surface area contributed by atoms with Gasteiger partial charge in [0.2, 0.25) is 5.95 Å². The molecule has 0 spiro atoms. The van der Waals surface area contributed by atoms with Gasteiger partial charge in [-0.05, 0) is 30.5 Å². The molecular weight excluding hydrogens is 290 g/mol. The highest BCUT2D eigenvalue weighted by Gasteiger charge is 2.22. The van der Waals surface area contributed by atoms with Gasteiger partial charge < -0.3 is 15.2 Å². The number of ether oxygens (including phenoxy) is 2. The molecule has 1 aromatic heterocycles. The summed E-state index contributed by atoms with van der Waals surface area (Å²) in [6.07, 6.45) is 8.03. The van der Waals surface area contributed by atoms with Crippen molar-refractivity contribution in [2.75, 3.05) is 18.9 Å². The van der Waals surface area contributed by atoms with Crippen LogP contribution in [0.4, 0.5) is 5.95 Å². The van der Waals surface area contributed by atoms with Crippen molar-refractivity contribution in [3.8, 4) is 22.6 Å². The molecule has 0 radical (unpaired) electrons. The van der Waals surface area contributed by atoms with Crippen LogP contribution in [-0.2, 0) is 0 Å². The van der Waals surface area contributed by atoms with Crippen molar-refractivity contribution in [3.05, 3.63) is 30.1 Å². The summed E-state index contributed by atoms with van der Waals surface area (Å²) in [4.78, 5) is 8.80. The maximum Gasteiger partial charge on any atom is 0.220 e. The Balaban J connectivity index is 1.76. The smallest absolute Gasteiger partial charge is 0.220 e. The number of fused-ring (bicyclic) bond motifs is 1. The number of nitrogen functional groups attached to an aromatic ring is 1. The zero-order valence-corrected chi connectivity index (χ0v) is 13.1. The maximum absolute atomic E-state index is 5.86. The first-order valence-corrected chi connectivity index (χ1v) is 8.34. The molecule has 4 rings (SSSR count). The predicted octanol–water partition coefficient (Wildman–Crippen LogP) is 3.54. The number of anilines is 1. The molecule has 0 unspecified atom stereocenters. The largest absolute Gasteiger partial charge is 0.486 e. The van der Waals surface area contributed by atoms with E-state index in [-0.39, 0.29) is 0 Å². The fraction of sp³-hybridized carbons (Fsp3) is 0.444. The molecule has 1 saturated carbocycles. The van der Waals surface area contributed by atoms with Gasteiger partial charge in [-0.3, -0.25) is 0 Å². The van der Waals surface area contributed by atoms with Gasteiger partial charge in [-0.2, -0.15) is 0 Å². The van der Waals surface area contributed by atoms with Crippen LogP contribution >= 0.6 is 0 Å². The van der Waals surface area contributed by atoms with Gasteiger partial charge in [0.15, 0.2) is 11.5 Å². The van der Waals surface area contributed by atoms with Crippen molar-refractivity contribution in [3.63, 3.8) is 0 Å². The zero-order valence-electron chi connectivity index (χ0n) is 13.1. The minimum atomic E-state index is 0.354. The average Bonchev–Trinajstić information content (AvgIpc) is 2.62. The highest BCUT2D eigenvalue weighted by Crippen LogP contribution is 2.40. The Morgan fingerprint density at radius 1 is 1.00 bits per heavy atom. The van der Waals surface area contributed by atoms with Crippen LogP contribution in [-0.4, -0.2) is 23.2 Å². The van der Waals surface area contributed by atoms with Gasteiger partial charge in [-0.1, -0.05) is 25.3 Å². The van der Waals surface area contributed by atoms with Crippen LogP contribution in [0.25, 0.3) is 11.1 Å². The van der Waals surface area contributed by atoms with Crippen molar-refractivity contribution in [2.45, 2.75) is 38.0 Å². The van der Waals surface area contributed by atoms with E-state index in [1.54, 1.807) is 0 Å². The quantitative estimate of drug-likeness (QED) is 0.918. The second-order valence-corrected chi connectivity index (χ2v) is 6.22. The Kier molecular flexibility index (Phi) is 3.77. The lowest BCUT2D eigenvalue weighted by Crippen LogP contribution is -2.15. The molecule has 0 bridgehead atoms. The molecule has 2 heterocycles. The van der Waals surface area contributed by atoms with Gasteiger partial charge >= 0.3 is 0 Å². The average molecular weight is 311 g/mol. The summed E-state index contributed by atoms with van der Waals surface area (Å²) >= 11 is 0. The van der Waals surface area contributed by atoms with Crippen LogP contribution < -0.4 is 15.2 Å². The van der Waals surface area contributed by atoms with E-state index in [9.17, 15) is 0 Å². The van der Waals surface area contributed by atoms with Crippen LogP contribution in [0.15, 0.2) is 24.4 Å². The number of hydrogen-bond acceptors (Lipinski definition) is 5. The Morgan fingerprint density at radius 2 is 1.78 bits per heavy atom. The molecule has 0 amide bonds. The maximum atomic E-state index is 5.86. The summed E-state index contributed by atoms with van der Waals surface area (Å²) in [5.74, 6) is 2.42. The Labute approximate surface area is 135 Å². The standard InChI is InChI=1S/C18H21N3O2/c19-18-20-11-14(17(21-18)12-4-2-1-3-5-12)13-6-7-15-16(10-13)23-9-8-22-15/h6-7,10-12H,1-5,8-9H2,(H2,19,20,21). The van der Waals surface area contributed by atoms with E-state index in [0.717, 1.165) is 28.3 Å². The molecule has 23 heavy (non-hydrogen) atoms. The Bertz CT molecular complexity index is 711. The number of rotatable bonds is 2. The highest BCUT2D eigenvalue weighted by atomic mass is 16.6. The molecule has 1 fully saturated rings. The first-order valence-electron chi connectivity index (χ1n) is 8.34. The monoisotopic (exact) mass is 311 g/mol. The van der Waals surface area contributed by atoms with E-state index in [1.165, 1.54) is 32.1 Å². The second-order valence-electron chi connectivity index (χ2n) is 6.22. The number of nitrogens with zero attached hydrogens (tertiary/aromatic N) is 2. The molecule has 0 saturated heterocycles. The molecule has 5 nitrogen and oxygen atoms in total. The van der Waals surface area contributed by atoms with Crippen LogP contribution in [0.5, 0.6) is 11.5 Å². The van der Waals surface area contributed by atoms with Crippen LogP contribution in [0.1, 0.15) is 43.7 Å². The van der Waals surface area contributed by atoms with E-state index in [4.69, 9.17) is 15.2 Å². The molecule has 2 N–H and O–H groups in total. The molecule has 0 atom stereocenters. The summed E-state index contributed by atoms with van der Waals surface area (Å²) in [6.45, 7) is 1.19. The van der Waals surface area contributed by atoms with E-state index in [2.05, 4.69) is 16.0 Å². The van der Waals surface area contributed by atoms with Crippen LogP contribution in [0.2, 0.25) is 0 Å². The molecule has 120 valence electrons. The van der Waals surface area contributed by atoms with Crippen molar-refractivity contribution in [1.29, 1.82) is 0 Å². The molecule has 1 aromatic carbocycles. The van der Waals surface area contributed by atoms with E-state index >= 15 is 0 Å². The summed E-state index contributed by atoms with van der Waals surface area (Å²) < 4.78 is 11.3. The van der Waals surface area contributed by atoms with Gasteiger partial charge in [-0.15, -0.1) is 0 Å². The topological polar surface area (TPSA) is 70.3 Å². The van der Waals surface area contributed by atoms with Gasteiger partial charge in [0, 0.05) is 17.7 Å². The fourth-order valence-electron chi connectivity index (χ4n) is 3.53. The van der Waals surface area contributed by atoms with E-state index < -0.39 is 0 Å². The summed E-state index contributed by atoms with van der Waals surface area (Å²) in [5, 5.41) is 0. The fourth-order valence-corrected chi connectivity index (χ4v) is 3.53. The predicted molar refractivity (Wildman–Crippen MR) is 88.7 cm³/mol. The molecule has 2 aromatic rings. The molecule has 5 heteroatoms.